The lowest BCUT2D eigenvalue weighted by Gasteiger charge is -2.30. The predicted molar refractivity (Wildman–Crippen MR) is 73.2 cm³/mol. The molecule has 0 bridgehead atoms. The third-order valence-corrected chi connectivity index (χ3v) is 2.95. The lowest BCUT2D eigenvalue weighted by Crippen LogP contribution is -2.36. The van der Waals surface area contributed by atoms with Crippen LogP contribution >= 0.6 is 0 Å². The van der Waals surface area contributed by atoms with Crippen molar-refractivity contribution in [2.45, 2.75) is 47.1 Å². The van der Waals surface area contributed by atoms with Gasteiger partial charge in [-0.15, -0.1) is 0 Å². The Morgan fingerprint density at radius 2 is 1.76 bits per heavy atom. The Morgan fingerprint density at radius 3 is 2.18 bits per heavy atom. The summed E-state index contributed by atoms with van der Waals surface area (Å²) in [4.78, 5) is 2.38. The Kier molecular flexibility index (Phi) is 8.01. The number of hydrogen-bond acceptors (Lipinski definition) is 3. The zero-order valence-electron chi connectivity index (χ0n) is 12.5. The normalized spacial score (nSPS) is 14.6. The van der Waals surface area contributed by atoms with E-state index in [4.69, 9.17) is 4.74 Å². The van der Waals surface area contributed by atoms with Gasteiger partial charge in [0, 0.05) is 26.7 Å². The quantitative estimate of drug-likeness (QED) is 0.713. The van der Waals surface area contributed by atoms with E-state index in [1.165, 1.54) is 0 Å². The third-order valence-electron chi connectivity index (χ3n) is 2.95. The fourth-order valence-corrected chi connectivity index (χ4v) is 1.77. The zero-order valence-corrected chi connectivity index (χ0v) is 12.5. The predicted octanol–water partition coefficient (Wildman–Crippen LogP) is 2.39. The summed E-state index contributed by atoms with van der Waals surface area (Å²) in [6, 6.07) is 0. The van der Waals surface area contributed by atoms with Crippen molar-refractivity contribution < 1.29 is 9.84 Å². The molecule has 0 radical (unpaired) electrons. The van der Waals surface area contributed by atoms with E-state index in [-0.39, 0.29) is 11.5 Å². The first-order chi connectivity index (χ1) is 7.77. The summed E-state index contributed by atoms with van der Waals surface area (Å²) < 4.78 is 5.12. The first-order valence-electron chi connectivity index (χ1n) is 6.66. The highest BCUT2D eigenvalue weighted by molar-refractivity contribution is 4.74. The largest absolute Gasteiger partial charge is 0.393 e. The van der Waals surface area contributed by atoms with E-state index in [9.17, 15) is 5.11 Å². The highest BCUT2D eigenvalue weighted by Crippen LogP contribution is 2.21. The Bertz CT molecular complexity index is 187. The molecule has 0 aromatic rings. The van der Waals surface area contributed by atoms with E-state index in [1.54, 1.807) is 7.11 Å². The highest BCUT2D eigenvalue weighted by Gasteiger charge is 2.22. The fraction of sp³-hybridized carbons (Fsp3) is 1.00. The molecule has 3 heteroatoms. The zero-order chi connectivity index (χ0) is 13.5. The lowest BCUT2D eigenvalue weighted by atomic mass is 9.87. The molecular weight excluding hydrogens is 214 g/mol. The molecule has 0 aromatic carbocycles. The van der Waals surface area contributed by atoms with E-state index in [2.05, 4.69) is 39.5 Å². The molecule has 0 amide bonds. The smallest absolute Gasteiger partial charge is 0.0600 e. The van der Waals surface area contributed by atoms with Gasteiger partial charge in [0.2, 0.25) is 0 Å². The molecule has 17 heavy (non-hydrogen) atoms. The summed E-state index contributed by atoms with van der Waals surface area (Å²) >= 11 is 0. The van der Waals surface area contributed by atoms with E-state index in [1.807, 2.05) is 0 Å². The molecule has 1 N–H and O–H groups in total. The van der Waals surface area contributed by atoms with Gasteiger partial charge in [0.05, 0.1) is 12.7 Å². The third kappa shape index (κ3) is 8.58. The second-order valence-electron chi connectivity index (χ2n) is 6.36. The molecule has 0 aliphatic rings. The Morgan fingerprint density at radius 1 is 1.18 bits per heavy atom. The molecular formula is C14H31NO2. The SMILES string of the molecule is COCCN(CCC(O)C(C)(C)C)CC(C)C. The lowest BCUT2D eigenvalue weighted by molar-refractivity contribution is 0.0410. The van der Waals surface area contributed by atoms with E-state index in [0.717, 1.165) is 32.7 Å². The van der Waals surface area contributed by atoms with Crippen LogP contribution in [0.25, 0.3) is 0 Å². The molecule has 0 saturated heterocycles. The summed E-state index contributed by atoms with van der Waals surface area (Å²) in [6.45, 7) is 14.4. The van der Waals surface area contributed by atoms with Crippen molar-refractivity contribution in [1.82, 2.24) is 4.90 Å². The van der Waals surface area contributed by atoms with Crippen LogP contribution in [-0.4, -0.2) is 49.5 Å². The molecule has 1 unspecified atom stereocenters. The summed E-state index contributed by atoms with van der Waals surface area (Å²) in [6.07, 6.45) is 0.597. The average Bonchev–Trinajstić information content (AvgIpc) is 2.19. The number of ether oxygens (including phenoxy) is 1. The second-order valence-corrected chi connectivity index (χ2v) is 6.36. The van der Waals surface area contributed by atoms with Crippen molar-refractivity contribution in [1.29, 1.82) is 0 Å². The molecule has 0 spiro atoms. The van der Waals surface area contributed by atoms with Crippen LogP contribution < -0.4 is 0 Å². The average molecular weight is 245 g/mol. The Balaban J connectivity index is 4.06. The minimum absolute atomic E-state index is 0.0231. The summed E-state index contributed by atoms with van der Waals surface area (Å²) in [5, 5.41) is 10.0. The van der Waals surface area contributed by atoms with Crippen LogP contribution in [0.5, 0.6) is 0 Å². The maximum absolute atomic E-state index is 10.0. The summed E-state index contributed by atoms with van der Waals surface area (Å²) in [7, 11) is 1.73. The number of aliphatic hydroxyl groups is 1. The van der Waals surface area contributed by atoms with Crippen molar-refractivity contribution in [2.75, 3.05) is 33.4 Å². The van der Waals surface area contributed by atoms with Gasteiger partial charge in [-0.05, 0) is 17.8 Å². The van der Waals surface area contributed by atoms with Crippen LogP contribution in [-0.2, 0) is 4.74 Å². The number of rotatable bonds is 8. The van der Waals surface area contributed by atoms with Crippen molar-refractivity contribution in [2.24, 2.45) is 11.3 Å². The monoisotopic (exact) mass is 245 g/mol. The summed E-state index contributed by atoms with van der Waals surface area (Å²) in [5.74, 6) is 0.652. The first kappa shape index (κ1) is 16.9. The molecule has 1 atom stereocenters. The topological polar surface area (TPSA) is 32.7 Å². The van der Waals surface area contributed by atoms with Crippen molar-refractivity contribution in [3.05, 3.63) is 0 Å². The first-order valence-corrected chi connectivity index (χ1v) is 6.66. The molecule has 0 aliphatic heterocycles. The van der Waals surface area contributed by atoms with Crippen LogP contribution in [0.3, 0.4) is 0 Å². The van der Waals surface area contributed by atoms with E-state index < -0.39 is 0 Å². The van der Waals surface area contributed by atoms with Crippen LogP contribution in [0.15, 0.2) is 0 Å². The van der Waals surface area contributed by atoms with Gasteiger partial charge in [0.25, 0.3) is 0 Å². The van der Waals surface area contributed by atoms with Gasteiger partial charge in [-0.2, -0.15) is 0 Å². The number of methoxy groups -OCH3 is 1. The molecule has 0 saturated carbocycles. The maximum atomic E-state index is 10.0. The van der Waals surface area contributed by atoms with Gasteiger partial charge in [-0.1, -0.05) is 34.6 Å². The molecule has 0 heterocycles. The van der Waals surface area contributed by atoms with Gasteiger partial charge >= 0.3 is 0 Å². The summed E-state index contributed by atoms with van der Waals surface area (Å²) in [5.41, 5.74) is -0.0231. The number of nitrogens with zero attached hydrogens (tertiary/aromatic N) is 1. The molecule has 0 fully saturated rings. The van der Waals surface area contributed by atoms with Crippen LogP contribution in [0, 0.1) is 11.3 Å². The van der Waals surface area contributed by atoms with Crippen molar-refractivity contribution >= 4 is 0 Å². The van der Waals surface area contributed by atoms with Crippen LogP contribution in [0.4, 0.5) is 0 Å². The van der Waals surface area contributed by atoms with Crippen LogP contribution in [0.1, 0.15) is 41.0 Å². The molecule has 3 nitrogen and oxygen atoms in total. The number of hydrogen-bond donors (Lipinski definition) is 1. The maximum Gasteiger partial charge on any atom is 0.0600 e. The Labute approximate surface area is 107 Å². The van der Waals surface area contributed by atoms with Gasteiger partial charge < -0.3 is 14.7 Å². The minimum atomic E-state index is -0.236. The number of aliphatic hydroxyl groups excluding tert-OH is 1. The van der Waals surface area contributed by atoms with Gasteiger partial charge in [-0.25, -0.2) is 0 Å². The van der Waals surface area contributed by atoms with E-state index >= 15 is 0 Å². The van der Waals surface area contributed by atoms with Gasteiger partial charge in [-0.3, -0.25) is 0 Å². The molecule has 0 aromatic heterocycles. The molecule has 0 aliphatic carbocycles. The Hall–Kier alpha value is -0.120. The molecule has 104 valence electrons. The van der Waals surface area contributed by atoms with Gasteiger partial charge in [0.15, 0.2) is 0 Å². The second kappa shape index (κ2) is 8.06. The van der Waals surface area contributed by atoms with Crippen molar-refractivity contribution in [3.63, 3.8) is 0 Å². The molecule has 0 rings (SSSR count). The van der Waals surface area contributed by atoms with E-state index in [0.29, 0.717) is 5.92 Å². The fourth-order valence-electron chi connectivity index (χ4n) is 1.77. The van der Waals surface area contributed by atoms with Crippen LogP contribution in [0.2, 0.25) is 0 Å². The minimum Gasteiger partial charge on any atom is -0.393 e. The standard InChI is InChI=1S/C14H31NO2/c1-12(2)11-15(9-10-17-6)8-7-13(16)14(3,4)5/h12-13,16H,7-11H2,1-6H3. The van der Waals surface area contributed by atoms with Gasteiger partial charge in [0.1, 0.15) is 0 Å². The highest BCUT2D eigenvalue weighted by atomic mass is 16.5. The van der Waals surface area contributed by atoms with Crippen molar-refractivity contribution in [3.8, 4) is 0 Å².